The molecular weight excluding hydrogens is 411 g/mol. The zero-order chi connectivity index (χ0) is 22.2. The molecule has 2 atom stereocenters. The quantitative estimate of drug-likeness (QED) is 0.373. The van der Waals surface area contributed by atoms with Gasteiger partial charge < -0.3 is 26.5 Å². The number of pyridine rings is 2. The van der Waals surface area contributed by atoms with Gasteiger partial charge in [0.2, 0.25) is 5.71 Å². The second-order valence-corrected chi connectivity index (χ2v) is 8.08. The van der Waals surface area contributed by atoms with Crippen LogP contribution >= 0.6 is 0 Å². The van der Waals surface area contributed by atoms with E-state index in [0.717, 1.165) is 48.1 Å². The van der Waals surface area contributed by atoms with Crippen LogP contribution in [-0.4, -0.2) is 28.0 Å². The number of anilines is 3. The molecule has 1 aliphatic carbocycles. The molecule has 32 heavy (non-hydrogen) atoms. The summed E-state index contributed by atoms with van der Waals surface area (Å²) in [6, 6.07) is 10.4. The molecule has 3 aromatic heterocycles. The summed E-state index contributed by atoms with van der Waals surface area (Å²) in [5.74, 6) is -1.28. The Morgan fingerprint density at radius 1 is 1.12 bits per heavy atom. The van der Waals surface area contributed by atoms with Crippen LogP contribution in [0.2, 0.25) is 0 Å². The predicted octanol–water partition coefficient (Wildman–Crippen LogP) is 4.04. The summed E-state index contributed by atoms with van der Waals surface area (Å²) in [4.78, 5) is 20.7. The largest absolute Gasteiger partial charge is 0.438 e. The first-order chi connectivity index (χ1) is 15.5. The minimum atomic E-state index is -0.789. The van der Waals surface area contributed by atoms with Gasteiger partial charge in [-0.15, -0.1) is 0 Å². The Kier molecular flexibility index (Phi) is 5.10. The summed E-state index contributed by atoms with van der Waals surface area (Å²) in [6.45, 7) is 0. The zero-order valence-electron chi connectivity index (χ0n) is 17.3. The number of rotatable bonds is 5. The molecule has 6 N–H and O–H groups in total. The summed E-state index contributed by atoms with van der Waals surface area (Å²) in [5.41, 5.74) is 13.4. The van der Waals surface area contributed by atoms with E-state index >= 15 is 0 Å². The summed E-state index contributed by atoms with van der Waals surface area (Å²) in [5, 5.41) is 7.89. The Balaban J connectivity index is 1.51. The number of hydrogen-bond acceptors (Lipinski definition) is 7. The second kappa shape index (κ2) is 8.08. The number of nitrogens with one attached hydrogen (secondary N) is 2. The van der Waals surface area contributed by atoms with Crippen molar-refractivity contribution in [3.8, 4) is 0 Å². The number of nitrogens with zero attached hydrogens (tertiary/aromatic N) is 2. The molecule has 3 heterocycles. The lowest BCUT2D eigenvalue weighted by Crippen LogP contribution is -2.43. The molecular formula is C23H23FN6O2. The molecule has 164 valence electrons. The first kappa shape index (κ1) is 20.2. The highest BCUT2D eigenvalue weighted by molar-refractivity contribution is 6.05. The molecule has 8 nitrogen and oxygen atoms in total. The highest BCUT2D eigenvalue weighted by Crippen LogP contribution is 2.31. The molecule has 0 spiro atoms. The number of halogens is 1. The molecule has 1 fully saturated rings. The monoisotopic (exact) mass is 434 g/mol. The van der Waals surface area contributed by atoms with Gasteiger partial charge in [-0.05, 0) is 31.0 Å². The van der Waals surface area contributed by atoms with Crippen LogP contribution in [0.15, 0.2) is 47.0 Å². The standard InChI is InChI=1S/C23H23FN6O2/c24-16-10-15(20(26)31)21(30-22(16)29-18-7-3-2-6-17(18)25)28-12-9-14-13-5-1-4-8-19(13)32-23(14)27-11-12/h1,4-5,8-11,17-18H,2-3,6-7,25H2,(H2,26,31)(H2,28,29,30)/t17-,18+/m1/s1. The number of nitrogens with two attached hydrogens (primary N) is 2. The van der Waals surface area contributed by atoms with Crippen molar-refractivity contribution in [2.24, 2.45) is 11.5 Å². The second-order valence-electron chi connectivity index (χ2n) is 8.08. The SMILES string of the molecule is NC(=O)c1cc(F)c(N[C@H]2CCCC[C@H]2N)nc1Nc1cnc2oc3ccccc3c2c1. The molecule has 0 radical (unpaired) electrons. The fourth-order valence-electron chi connectivity index (χ4n) is 4.20. The highest BCUT2D eigenvalue weighted by atomic mass is 19.1. The molecule has 9 heteroatoms. The molecule has 0 unspecified atom stereocenters. The molecule has 0 bridgehead atoms. The van der Waals surface area contributed by atoms with Gasteiger partial charge in [-0.2, -0.15) is 0 Å². The Hall–Kier alpha value is -3.72. The fourth-order valence-corrected chi connectivity index (χ4v) is 4.20. The van der Waals surface area contributed by atoms with Gasteiger partial charge in [-0.25, -0.2) is 14.4 Å². The summed E-state index contributed by atoms with van der Waals surface area (Å²) < 4.78 is 20.5. The molecule has 0 saturated heterocycles. The van der Waals surface area contributed by atoms with E-state index in [1.165, 1.54) is 0 Å². The van der Waals surface area contributed by atoms with Gasteiger partial charge >= 0.3 is 0 Å². The van der Waals surface area contributed by atoms with E-state index in [9.17, 15) is 9.18 Å². The van der Waals surface area contributed by atoms with E-state index in [1.807, 2.05) is 30.3 Å². The number of fused-ring (bicyclic) bond motifs is 3. The number of hydrogen-bond donors (Lipinski definition) is 4. The average Bonchev–Trinajstić information content (AvgIpc) is 3.15. The van der Waals surface area contributed by atoms with Crippen molar-refractivity contribution in [2.45, 2.75) is 37.8 Å². The Morgan fingerprint density at radius 3 is 2.75 bits per heavy atom. The number of furan rings is 1. The third kappa shape index (κ3) is 3.71. The molecule has 5 rings (SSSR count). The maximum atomic E-state index is 14.7. The Labute approximate surface area is 183 Å². The van der Waals surface area contributed by atoms with Gasteiger partial charge in [-0.3, -0.25) is 4.79 Å². The normalized spacial score (nSPS) is 18.7. The van der Waals surface area contributed by atoms with E-state index in [-0.39, 0.29) is 29.3 Å². The third-order valence-corrected chi connectivity index (χ3v) is 5.88. The summed E-state index contributed by atoms with van der Waals surface area (Å²) >= 11 is 0. The lowest BCUT2D eigenvalue weighted by Gasteiger charge is -2.30. The molecule has 1 amide bonds. The van der Waals surface area contributed by atoms with Crippen molar-refractivity contribution >= 4 is 45.3 Å². The number of carbonyl (C=O) groups is 1. The van der Waals surface area contributed by atoms with Crippen molar-refractivity contribution in [1.29, 1.82) is 0 Å². The average molecular weight is 434 g/mol. The van der Waals surface area contributed by atoms with Crippen molar-refractivity contribution in [3.05, 3.63) is 54.0 Å². The van der Waals surface area contributed by atoms with Crippen LogP contribution in [0.3, 0.4) is 0 Å². The number of aromatic nitrogens is 2. The van der Waals surface area contributed by atoms with Gasteiger partial charge in [0.15, 0.2) is 11.6 Å². The molecule has 1 saturated carbocycles. The molecule has 1 aliphatic rings. The number of carbonyl (C=O) groups excluding carboxylic acids is 1. The summed E-state index contributed by atoms with van der Waals surface area (Å²) in [6.07, 6.45) is 5.33. The van der Waals surface area contributed by atoms with Crippen LogP contribution in [0.25, 0.3) is 22.1 Å². The highest BCUT2D eigenvalue weighted by Gasteiger charge is 2.24. The minimum Gasteiger partial charge on any atom is -0.438 e. The maximum Gasteiger partial charge on any atom is 0.252 e. The van der Waals surface area contributed by atoms with E-state index in [0.29, 0.717) is 11.4 Å². The van der Waals surface area contributed by atoms with Crippen LogP contribution < -0.4 is 22.1 Å². The van der Waals surface area contributed by atoms with E-state index < -0.39 is 11.7 Å². The van der Waals surface area contributed by atoms with Crippen molar-refractivity contribution in [2.75, 3.05) is 10.6 Å². The maximum absolute atomic E-state index is 14.7. The third-order valence-electron chi connectivity index (χ3n) is 5.88. The predicted molar refractivity (Wildman–Crippen MR) is 121 cm³/mol. The first-order valence-corrected chi connectivity index (χ1v) is 10.6. The van der Waals surface area contributed by atoms with E-state index in [2.05, 4.69) is 20.6 Å². The van der Waals surface area contributed by atoms with Gasteiger partial charge in [0, 0.05) is 17.5 Å². The van der Waals surface area contributed by atoms with E-state index in [1.54, 1.807) is 6.20 Å². The Bertz CT molecular complexity index is 1320. The van der Waals surface area contributed by atoms with Gasteiger partial charge in [0.25, 0.3) is 5.91 Å². The fraction of sp³-hybridized carbons (Fsp3) is 0.261. The molecule has 0 aliphatic heterocycles. The number of benzene rings is 1. The minimum absolute atomic E-state index is 0.0302. The summed E-state index contributed by atoms with van der Waals surface area (Å²) in [7, 11) is 0. The van der Waals surface area contributed by atoms with Crippen LogP contribution in [-0.2, 0) is 0 Å². The lowest BCUT2D eigenvalue weighted by atomic mass is 9.91. The van der Waals surface area contributed by atoms with Crippen LogP contribution in [0.1, 0.15) is 36.0 Å². The Morgan fingerprint density at radius 2 is 1.94 bits per heavy atom. The number of para-hydroxylation sites is 1. The van der Waals surface area contributed by atoms with Gasteiger partial charge in [0.05, 0.1) is 22.8 Å². The number of amides is 1. The van der Waals surface area contributed by atoms with Gasteiger partial charge in [-0.1, -0.05) is 31.0 Å². The van der Waals surface area contributed by atoms with Crippen LogP contribution in [0, 0.1) is 5.82 Å². The molecule has 1 aromatic carbocycles. The smallest absolute Gasteiger partial charge is 0.252 e. The van der Waals surface area contributed by atoms with Crippen molar-refractivity contribution in [1.82, 2.24) is 9.97 Å². The van der Waals surface area contributed by atoms with E-state index in [4.69, 9.17) is 15.9 Å². The van der Waals surface area contributed by atoms with Crippen molar-refractivity contribution < 1.29 is 13.6 Å². The number of primary amides is 1. The molecule has 4 aromatic rings. The van der Waals surface area contributed by atoms with Crippen LogP contribution in [0.5, 0.6) is 0 Å². The van der Waals surface area contributed by atoms with Gasteiger partial charge in [0.1, 0.15) is 11.4 Å². The lowest BCUT2D eigenvalue weighted by molar-refractivity contribution is 0.100. The van der Waals surface area contributed by atoms with Crippen LogP contribution in [0.4, 0.5) is 21.7 Å². The first-order valence-electron chi connectivity index (χ1n) is 10.6. The van der Waals surface area contributed by atoms with Crippen molar-refractivity contribution in [3.63, 3.8) is 0 Å². The topological polar surface area (TPSA) is 132 Å². The zero-order valence-corrected chi connectivity index (χ0v) is 17.3.